The highest BCUT2D eigenvalue weighted by molar-refractivity contribution is 9.10. The summed E-state index contributed by atoms with van der Waals surface area (Å²) in [6, 6.07) is 1.81. The van der Waals surface area contributed by atoms with Crippen LogP contribution in [0.15, 0.2) is 34.1 Å². The predicted octanol–water partition coefficient (Wildman–Crippen LogP) is 0.969. The van der Waals surface area contributed by atoms with E-state index in [4.69, 9.17) is 0 Å². The van der Waals surface area contributed by atoms with Crippen LogP contribution in [0.2, 0.25) is 0 Å². The Morgan fingerprint density at radius 2 is 2.24 bits per heavy atom. The highest BCUT2D eigenvalue weighted by atomic mass is 79.9. The van der Waals surface area contributed by atoms with E-state index in [0.29, 0.717) is 23.2 Å². The van der Waals surface area contributed by atoms with Gasteiger partial charge >= 0.3 is 0 Å². The van der Waals surface area contributed by atoms with E-state index in [-0.39, 0.29) is 5.56 Å². The van der Waals surface area contributed by atoms with Crippen molar-refractivity contribution in [2.45, 2.75) is 13.1 Å². The van der Waals surface area contributed by atoms with Gasteiger partial charge in [0.15, 0.2) is 0 Å². The second-order valence-corrected chi connectivity index (χ2v) is 5.55. The lowest BCUT2D eigenvalue weighted by molar-refractivity contribution is 0.367. The van der Waals surface area contributed by atoms with Gasteiger partial charge in [-0.2, -0.15) is 5.10 Å². The molecule has 0 amide bonds. The summed E-state index contributed by atoms with van der Waals surface area (Å²) in [6.45, 7) is 1.81. The smallest absolute Gasteiger partial charge is 0.283 e. The van der Waals surface area contributed by atoms with Crippen molar-refractivity contribution in [2.75, 3.05) is 26.0 Å². The minimum atomic E-state index is -0.149. The number of hydrogen-bond donors (Lipinski definition) is 1. The van der Waals surface area contributed by atoms with Gasteiger partial charge in [-0.3, -0.25) is 4.79 Å². The van der Waals surface area contributed by atoms with Gasteiger partial charge in [0, 0.05) is 12.7 Å². The summed E-state index contributed by atoms with van der Waals surface area (Å²) in [5.41, 5.74) is 1.35. The maximum absolute atomic E-state index is 12.2. The molecule has 0 aliphatic rings. The molecule has 2 rings (SSSR count). The van der Waals surface area contributed by atoms with Gasteiger partial charge in [0.2, 0.25) is 0 Å². The van der Waals surface area contributed by atoms with Crippen molar-refractivity contribution in [2.24, 2.45) is 0 Å². The molecule has 7 nitrogen and oxygen atoms in total. The molecule has 1 N–H and O–H groups in total. The summed E-state index contributed by atoms with van der Waals surface area (Å²) < 4.78 is 1.92. The molecule has 0 saturated heterocycles. The first-order chi connectivity index (χ1) is 10.1. The fourth-order valence-corrected chi connectivity index (χ4v) is 2.10. The molecule has 0 aromatic carbocycles. The van der Waals surface area contributed by atoms with Gasteiger partial charge in [-0.15, -0.1) is 0 Å². The zero-order chi connectivity index (χ0) is 15.2. The Kier molecular flexibility index (Phi) is 5.40. The third-order valence-electron chi connectivity index (χ3n) is 2.85. The van der Waals surface area contributed by atoms with Crippen LogP contribution in [0, 0.1) is 0 Å². The van der Waals surface area contributed by atoms with E-state index in [0.717, 1.165) is 12.2 Å². The molecular weight excluding hydrogens is 336 g/mol. The van der Waals surface area contributed by atoms with Crippen LogP contribution < -0.4 is 10.9 Å². The zero-order valence-corrected chi connectivity index (χ0v) is 13.5. The molecule has 0 unspecified atom stereocenters. The van der Waals surface area contributed by atoms with E-state index in [1.165, 1.54) is 11.0 Å². The average molecular weight is 353 g/mol. The van der Waals surface area contributed by atoms with Gasteiger partial charge in [-0.25, -0.2) is 14.6 Å². The fourth-order valence-electron chi connectivity index (χ4n) is 1.65. The van der Waals surface area contributed by atoms with E-state index in [9.17, 15) is 4.79 Å². The van der Waals surface area contributed by atoms with Crippen molar-refractivity contribution in [3.63, 3.8) is 0 Å². The van der Waals surface area contributed by atoms with E-state index in [1.54, 1.807) is 12.4 Å². The van der Waals surface area contributed by atoms with Crippen LogP contribution in [0.5, 0.6) is 0 Å². The number of anilines is 1. The van der Waals surface area contributed by atoms with Crippen LogP contribution in [0.1, 0.15) is 5.69 Å². The molecule has 0 fully saturated rings. The molecule has 0 radical (unpaired) electrons. The number of likely N-dealkylation sites (N-methyl/N-ethyl adjacent to an activating group) is 1. The van der Waals surface area contributed by atoms with Gasteiger partial charge in [0.1, 0.15) is 10.8 Å². The summed E-state index contributed by atoms with van der Waals surface area (Å²) >= 11 is 3.33. The van der Waals surface area contributed by atoms with Crippen molar-refractivity contribution < 1.29 is 0 Å². The number of aromatic nitrogens is 4. The van der Waals surface area contributed by atoms with Gasteiger partial charge in [0.05, 0.1) is 30.7 Å². The van der Waals surface area contributed by atoms with Crippen molar-refractivity contribution in [1.29, 1.82) is 0 Å². The largest absolute Gasteiger partial charge is 0.377 e. The summed E-state index contributed by atoms with van der Waals surface area (Å²) in [5, 5.41) is 7.31. The third-order valence-corrected chi connectivity index (χ3v) is 3.61. The minimum absolute atomic E-state index is 0.149. The number of nitrogens with zero attached hydrogens (tertiary/aromatic N) is 5. The maximum atomic E-state index is 12.2. The Bertz CT molecular complexity index is 643. The summed E-state index contributed by atoms with van der Waals surface area (Å²) in [4.78, 5) is 22.2. The maximum Gasteiger partial charge on any atom is 0.283 e. The SMILES string of the molecule is CN(C)CCn1ncc(NCc2ccncn2)c(Br)c1=O. The highest BCUT2D eigenvalue weighted by Crippen LogP contribution is 2.16. The molecule has 0 spiro atoms. The highest BCUT2D eigenvalue weighted by Gasteiger charge is 2.09. The number of hydrogen-bond acceptors (Lipinski definition) is 6. The topological polar surface area (TPSA) is 75.9 Å². The Morgan fingerprint density at radius 3 is 2.90 bits per heavy atom. The van der Waals surface area contributed by atoms with E-state index < -0.39 is 0 Å². The first-order valence-corrected chi connectivity index (χ1v) is 7.26. The van der Waals surface area contributed by atoms with E-state index in [1.807, 2.05) is 25.1 Å². The molecular formula is C13H17BrN6O. The molecule has 2 heterocycles. The normalized spacial score (nSPS) is 10.9. The molecule has 0 saturated carbocycles. The quantitative estimate of drug-likeness (QED) is 0.834. The van der Waals surface area contributed by atoms with Gasteiger partial charge < -0.3 is 10.2 Å². The van der Waals surface area contributed by atoms with E-state index >= 15 is 0 Å². The molecule has 0 bridgehead atoms. The summed E-state index contributed by atoms with van der Waals surface area (Å²) in [6.07, 6.45) is 4.81. The van der Waals surface area contributed by atoms with Crippen molar-refractivity contribution in [3.05, 3.63) is 45.3 Å². The lowest BCUT2D eigenvalue weighted by atomic mass is 10.4. The second kappa shape index (κ2) is 7.28. The van der Waals surface area contributed by atoms with Gasteiger partial charge in [-0.1, -0.05) is 0 Å². The molecule has 0 aliphatic heterocycles. The molecule has 0 aliphatic carbocycles. The Labute approximate surface area is 131 Å². The van der Waals surface area contributed by atoms with Gasteiger partial charge in [0.25, 0.3) is 5.56 Å². The zero-order valence-electron chi connectivity index (χ0n) is 12.0. The minimum Gasteiger partial charge on any atom is -0.377 e. The second-order valence-electron chi connectivity index (χ2n) is 4.76. The molecule has 8 heteroatoms. The monoisotopic (exact) mass is 352 g/mol. The average Bonchev–Trinajstić information content (AvgIpc) is 2.48. The van der Waals surface area contributed by atoms with Crippen molar-refractivity contribution in [1.82, 2.24) is 24.6 Å². The lowest BCUT2D eigenvalue weighted by Crippen LogP contribution is -2.29. The molecule has 0 atom stereocenters. The third kappa shape index (κ3) is 4.33. The number of nitrogens with one attached hydrogen (secondary N) is 1. The standard InChI is InChI=1S/C13H17BrN6O/c1-19(2)5-6-20-13(21)12(14)11(8-18-20)16-7-10-3-4-15-9-17-10/h3-4,8-9,16H,5-7H2,1-2H3. The fraction of sp³-hybridized carbons (Fsp3) is 0.385. The van der Waals surface area contributed by atoms with Crippen LogP contribution in [-0.2, 0) is 13.1 Å². The summed E-state index contributed by atoms with van der Waals surface area (Å²) in [7, 11) is 3.91. The van der Waals surface area contributed by atoms with E-state index in [2.05, 4.69) is 36.3 Å². The van der Waals surface area contributed by atoms with Crippen LogP contribution >= 0.6 is 15.9 Å². The first-order valence-electron chi connectivity index (χ1n) is 6.47. The molecule has 2 aromatic rings. The molecule has 2 aromatic heterocycles. The van der Waals surface area contributed by atoms with Crippen molar-refractivity contribution >= 4 is 21.6 Å². The number of rotatable bonds is 6. The lowest BCUT2D eigenvalue weighted by Gasteiger charge is -2.12. The van der Waals surface area contributed by atoms with Crippen LogP contribution in [0.4, 0.5) is 5.69 Å². The van der Waals surface area contributed by atoms with Crippen molar-refractivity contribution in [3.8, 4) is 0 Å². The Hall–Kier alpha value is -1.80. The summed E-state index contributed by atoms with van der Waals surface area (Å²) in [5.74, 6) is 0. The van der Waals surface area contributed by atoms with Crippen LogP contribution in [-0.4, -0.2) is 45.3 Å². The molecule has 21 heavy (non-hydrogen) atoms. The van der Waals surface area contributed by atoms with Crippen LogP contribution in [0.3, 0.4) is 0 Å². The Morgan fingerprint density at radius 1 is 1.43 bits per heavy atom. The predicted molar refractivity (Wildman–Crippen MR) is 84.1 cm³/mol. The molecule has 112 valence electrons. The van der Waals surface area contributed by atoms with Crippen LogP contribution in [0.25, 0.3) is 0 Å². The van der Waals surface area contributed by atoms with Gasteiger partial charge in [-0.05, 0) is 36.1 Å². The number of halogens is 1. The Balaban J connectivity index is 2.08. The first kappa shape index (κ1) is 15.6.